The summed E-state index contributed by atoms with van der Waals surface area (Å²) in [6, 6.07) is 5.03. The van der Waals surface area contributed by atoms with E-state index in [-0.39, 0.29) is 24.1 Å². The Hall–Kier alpha value is -3.00. The molecule has 34 heavy (non-hydrogen) atoms. The Kier molecular flexibility index (Phi) is 8.98. The lowest BCUT2D eigenvalue weighted by atomic mass is 9.91. The molecule has 0 spiro atoms. The zero-order valence-electron chi connectivity index (χ0n) is 19.8. The second-order valence-corrected chi connectivity index (χ2v) is 8.22. The number of nitrogens with one attached hydrogen (secondary N) is 1. The Balaban J connectivity index is 2.08. The van der Waals surface area contributed by atoms with E-state index in [2.05, 4.69) is 5.32 Å². The van der Waals surface area contributed by atoms with Gasteiger partial charge in [0.05, 0.1) is 31.6 Å². The van der Waals surface area contributed by atoms with E-state index in [1.165, 1.54) is 12.3 Å². The lowest BCUT2D eigenvalue weighted by molar-refractivity contribution is -0.121. The first-order valence-electron chi connectivity index (χ1n) is 11.6. The van der Waals surface area contributed by atoms with Crippen LogP contribution in [-0.2, 0) is 16.0 Å². The molecule has 9 heteroatoms. The van der Waals surface area contributed by atoms with Crippen LogP contribution in [-0.4, -0.2) is 48.7 Å². The highest BCUT2D eigenvalue weighted by atomic mass is 35.5. The molecule has 0 bridgehead atoms. The minimum absolute atomic E-state index is 0.0384. The van der Waals surface area contributed by atoms with E-state index in [0.717, 1.165) is 11.1 Å². The predicted octanol–water partition coefficient (Wildman–Crippen LogP) is 3.72. The van der Waals surface area contributed by atoms with Gasteiger partial charge in [-0.05, 0) is 51.3 Å². The Morgan fingerprint density at radius 2 is 1.79 bits per heavy atom. The van der Waals surface area contributed by atoms with E-state index in [4.69, 9.17) is 25.8 Å². The number of aromatic nitrogens is 1. The summed E-state index contributed by atoms with van der Waals surface area (Å²) < 4.78 is 18.5. The highest BCUT2D eigenvalue weighted by Gasteiger charge is 2.28. The standard InChI is InChI=1S/C25H31ClN2O6/c1-4-32-22-11-16-10-17(14-27-24(30)8-7-9-26)28-15-19(25(31)34-6-3)21(29)13-20(28)18(16)12-23(22)33-5-2/h11-13,15,17H,4-10,14H2,1-3H3,(H,27,30). The molecule has 0 saturated heterocycles. The van der Waals surface area contributed by atoms with E-state index in [1.807, 2.05) is 30.5 Å². The van der Waals surface area contributed by atoms with Crippen LogP contribution in [0.3, 0.4) is 0 Å². The first kappa shape index (κ1) is 25.6. The lowest BCUT2D eigenvalue weighted by Crippen LogP contribution is -2.35. The summed E-state index contributed by atoms with van der Waals surface area (Å²) in [6.45, 7) is 6.93. The summed E-state index contributed by atoms with van der Waals surface area (Å²) in [5.74, 6) is 0.872. The second-order valence-electron chi connectivity index (χ2n) is 7.84. The zero-order valence-corrected chi connectivity index (χ0v) is 20.6. The SMILES string of the molecule is CCOC(=O)c1cn2c(cc1=O)-c1cc(OCC)c(OCC)cc1CC2CNC(=O)CCCCl. The summed E-state index contributed by atoms with van der Waals surface area (Å²) in [4.78, 5) is 37.5. The van der Waals surface area contributed by atoms with Crippen molar-refractivity contribution in [3.63, 3.8) is 0 Å². The van der Waals surface area contributed by atoms with Crippen LogP contribution >= 0.6 is 11.6 Å². The Bertz CT molecular complexity index is 1100. The first-order valence-corrected chi connectivity index (χ1v) is 12.2. The number of nitrogens with zero attached hydrogens (tertiary/aromatic N) is 1. The van der Waals surface area contributed by atoms with Gasteiger partial charge in [0.15, 0.2) is 16.9 Å². The molecule has 1 unspecified atom stereocenters. The van der Waals surface area contributed by atoms with Gasteiger partial charge in [0.25, 0.3) is 0 Å². The maximum Gasteiger partial charge on any atom is 0.343 e. The highest BCUT2D eigenvalue weighted by Crippen LogP contribution is 2.41. The smallest absolute Gasteiger partial charge is 0.343 e. The summed E-state index contributed by atoms with van der Waals surface area (Å²) in [6.07, 6.45) is 3.03. The van der Waals surface area contributed by atoms with Crippen LogP contribution in [0, 0.1) is 0 Å². The Morgan fingerprint density at radius 3 is 2.44 bits per heavy atom. The number of benzene rings is 1. The average Bonchev–Trinajstić information content (AvgIpc) is 2.82. The van der Waals surface area contributed by atoms with E-state index in [0.29, 0.717) is 62.1 Å². The van der Waals surface area contributed by atoms with Gasteiger partial charge in [0, 0.05) is 36.7 Å². The molecule has 1 aliphatic heterocycles. The summed E-state index contributed by atoms with van der Waals surface area (Å²) >= 11 is 5.70. The molecule has 0 saturated carbocycles. The number of esters is 1. The monoisotopic (exact) mass is 490 g/mol. The van der Waals surface area contributed by atoms with Gasteiger partial charge in [-0.15, -0.1) is 11.6 Å². The Labute approximate surface area is 204 Å². The summed E-state index contributed by atoms with van der Waals surface area (Å²) in [5.41, 5.74) is 1.97. The van der Waals surface area contributed by atoms with Crippen molar-refractivity contribution < 1.29 is 23.8 Å². The minimum atomic E-state index is -0.666. The van der Waals surface area contributed by atoms with Crippen molar-refractivity contribution >= 4 is 23.5 Å². The number of alkyl halides is 1. The molecule has 1 atom stereocenters. The van der Waals surface area contributed by atoms with Crippen LogP contribution in [0.4, 0.5) is 0 Å². The molecule has 0 fully saturated rings. The third-order valence-electron chi connectivity index (χ3n) is 5.54. The van der Waals surface area contributed by atoms with E-state index >= 15 is 0 Å². The fraction of sp³-hybridized carbons (Fsp3) is 0.480. The van der Waals surface area contributed by atoms with Crippen LogP contribution in [0.15, 0.2) is 29.2 Å². The maximum absolute atomic E-state index is 12.8. The van der Waals surface area contributed by atoms with Crippen molar-refractivity contribution in [3.05, 3.63) is 45.7 Å². The molecule has 1 N–H and O–H groups in total. The average molecular weight is 491 g/mol. The number of hydrogen-bond acceptors (Lipinski definition) is 6. The number of halogens is 1. The first-order chi connectivity index (χ1) is 16.4. The number of hydrogen-bond donors (Lipinski definition) is 1. The second kappa shape index (κ2) is 11.9. The molecule has 2 aromatic rings. The molecule has 2 heterocycles. The maximum atomic E-state index is 12.8. The van der Waals surface area contributed by atoms with Crippen molar-refractivity contribution in [1.29, 1.82) is 0 Å². The topological polar surface area (TPSA) is 95.9 Å². The van der Waals surface area contributed by atoms with Gasteiger partial charge in [-0.2, -0.15) is 0 Å². The molecule has 0 aliphatic carbocycles. The highest BCUT2D eigenvalue weighted by molar-refractivity contribution is 6.17. The molecule has 1 amide bonds. The van der Waals surface area contributed by atoms with Crippen molar-refractivity contribution in [2.45, 2.75) is 46.1 Å². The Morgan fingerprint density at radius 1 is 1.09 bits per heavy atom. The van der Waals surface area contributed by atoms with Gasteiger partial charge in [0.1, 0.15) is 5.56 Å². The summed E-state index contributed by atoms with van der Waals surface area (Å²) in [5, 5.41) is 2.95. The molecule has 0 radical (unpaired) electrons. The number of amides is 1. The lowest BCUT2D eigenvalue weighted by Gasteiger charge is -2.32. The molecular formula is C25H31ClN2O6. The number of ether oxygens (including phenoxy) is 3. The molecule has 1 aliphatic rings. The van der Waals surface area contributed by atoms with Crippen LogP contribution < -0.4 is 20.2 Å². The van der Waals surface area contributed by atoms with Gasteiger partial charge >= 0.3 is 5.97 Å². The molecule has 8 nitrogen and oxygen atoms in total. The van der Waals surface area contributed by atoms with Crippen molar-refractivity contribution in [1.82, 2.24) is 9.88 Å². The number of rotatable bonds is 11. The fourth-order valence-corrected chi connectivity index (χ4v) is 4.18. The van der Waals surface area contributed by atoms with E-state index < -0.39 is 11.4 Å². The third-order valence-corrected chi connectivity index (χ3v) is 5.81. The predicted molar refractivity (Wildman–Crippen MR) is 130 cm³/mol. The minimum Gasteiger partial charge on any atom is -0.490 e. The molecule has 1 aromatic heterocycles. The summed E-state index contributed by atoms with van der Waals surface area (Å²) in [7, 11) is 0. The van der Waals surface area contributed by atoms with Crippen LogP contribution in [0.1, 0.15) is 55.6 Å². The van der Waals surface area contributed by atoms with Crippen LogP contribution in [0.25, 0.3) is 11.3 Å². The van der Waals surface area contributed by atoms with Gasteiger partial charge in [-0.25, -0.2) is 4.79 Å². The molecule has 1 aromatic carbocycles. The number of carbonyl (C=O) groups is 2. The van der Waals surface area contributed by atoms with E-state index in [9.17, 15) is 14.4 Å². The van der Waals surface area contributed by atoms with Crippen LogP contribution in [0.2, 0.25) is 0 Å². The zero-order chi connectivity index (χ0) is 24.7. The van der Waals surface area contributed by atoms with Gasteiger partial charge in [0.2, 0.25) is 5.91 Å². The number of carbonyl (C=O) groups excluding carboxylic acids is 2. The van der Waals surface area contributed by atoms with Crippen molar-refractivity contribution in [2.75, 3.05) is 32.2 Å². The van der Waals surface area contributed by atoms with Gasteiger partial charge in [-0.1, -0.05) is 0 Å². The molecule has 3 rings (SSSR count). The van der Waals surface area contributed by atoms with Crippen LogP contribution in [0.5, 0.6) is 11.5 Å². The fourth-order valence-electron chi connectivity index (χ4n) is 4.05. The van der Waals surface area contributed by atoms with E-state index in [1.54, 1.807) is 6.92 Å². The number of fused-ring (bicyclic) bond motifs is 3. The van der Waals surface area contributed by atoms with Gasteiger partial charge < -0.3 is 24.1 Å². The quantitative estimate of drug-likeness (QED) is 0.381. The number of pyridine rings is 1. The van der Waals surface area contributed by atoms with Crippen molar-refractivity contribution in [3.8, 4) is 22.8 Å². The normalized spacial score (nSPS) is 14.1. The van der Waals surface area contributed by atoms with Gasteiger partial charge in [-0.3, -0.25) is 9.59 Å². The molecule has 184 valence electrons. The largest absolute Gasteiger partial charge is 0.490 e. The van der Waals surface area contributed by atoms with Crippen molar-refractivity contribution in [2.24, 2.45) is 0 Å². The molecular weight excluding hydrogens is 460 g/mol. The third kappa shape index (κ3) is 5.73.